The van der Waals surface area contributed by atoms with E-state index in [2.05, 4.69) is 10.3 Å². The van der Waals surface area contributed by atoms with Crippen molar-refractivity contribution in [2.24, 2.45) is 12.0 Å². The number of nitrogens with one attached hydrogen (secondary N) is 1. The number of aliphatic imine (C=N–C) groups is 1. The second-order valence-electron chi connectivity index (χ2n) is 5.66. The van der Waals surface area contributed by atoms with Gasteiger partial charge in [-0.25, -0.2) is 12.7 Å². The fourth-order valence-electron chi connectivity index (χ4n) is 2.66. The summed E-state index contributed by atoms with van der Waals surface area (Å²) >= 11 is 6.00. The number of aromatic nitrogens is 1. The van der Waals surface area contributed by atoms with E-state index in [4.69, 9.17) is 11.6 Å². The number of nitrogens with zero attached hydrogens (tertiary/aromatic N) is 4. The number of guanidine groups is 1. The molecule has 1 N–H and O–H groups in total. The van der Waals surface area contributed by atoms with Gasteiger partial charge in [0, 0.05) is 52.7 Å². The molecule has 0 radical (unpaired) electrons. The number of rotatable bonds is 5. The van der Waals surface area contributed by atoms with Crippen molar-refractivity contribution in [1.82, 2.24) is 19.1 Å². The minimum absolute atomic E-state index is 0. The standard InChI is InChI=1S/C14H24ClN5O2S.HI/c1-16-14(17-5-7-20-6-4-8-23(20,21)22)19(3)11-13-9-12(15)10-18(13)2;/h9-10H,4-8,11H2,1-3H3,(H,16,17);1H. The summed E-state index contributed by atoms with van der Waals surface area (Å²) in [4.78, 5) is 6.22. The lowest BCUT2D eigenvalue weighted by atomic mass is 10.4. The fourth-order valence-corrected chi connectivity index (χ4v) is 4.46. The number of hydrogen-bond donors (Lipinski definition) is 1. The zero-order chi connectivity index (χ0) is 17.0. The van der Waals surface area contributed by atoms with Crippen LogP contribution in [0.25, 0.3) is 0 Å². The molecule has 0 bridgehead atoms. The number of hydrogen-bond acceptors (Lipinski definition) is 3. The zero-order valence-corrected chi connectivity index (χ0v) is 18.1. The average molecular weight is 490 g/mol. The van der Waals surface area contributed by atoms with Crippen LogP contribution in [0.4, 0.5) is 0 Å². The molecular formula is C14H25ClIN5O2S. The maximum atomic E-state index is 11.8. The second kappa shape index (κ2) is 9.25. The quantitative estimate of drug-likeness (QED) is 0.385. The summed E-state index contributed by atoms with van der Waals surface area (Å²) in [7, 11) is 2.55. The van der Waals surface area contributed by atoms with Gasteiger partial charge in [-0.1, -0.05) is 11.6 Å². The van der Waals surface area contributed by atoms with Crippen LogP contribution in [-0.2, 0) is 23.6 Å². The van der Waals surface area contributed by atoms with Crippen molar-refractivity contribution in [2.45, 2.75) is 13.0 Å². The molecule has 10 heteroatoms. The van der Waals surface area contributed by atoms with E-state index in [0.717, 1.165) is 11.7 Å². The van der Waals surface area contributed by atoms with Gasteiger partial charge in [-0.15, -0.1) is 24.0 Å². The molecule has 0 spiro atoms. The lowest BCUT2D eigenvalue weighted by Gasteiger charge is -2.23. The van der Waals surface area contributed by atoms with Gasteiger partial charge in [0.25, 0.3) is 0 Å². The van der Waals surface area contributed by atoms with Crippen molar-refractivity contribution in [1.29, 1.82) is 0 Å². The Kier molecular flexibility index (Phi) is 8.30. The Balaban J connectivity index is 0.00000288. The van der Waals surface area contributed by atoms with Gasteiger partial charge in [-0.05, 0) is 12.5 Å². The highest BCUT2D eigenvalue weighted by atomic mass is 127. The van der Waals surface area contributed by atoms with Crippen molar-refractivity contribution < 1.29 is 8.42 Å². The molecule has 1 fully saturated rings. The van der Waals surface area contributed by atoms with Crippen LogP contribution >= 0.6 is 35.6 Å². The van der Waals surface area contributed by atoms with Crippen LogP contribution in [0.2, 0.25) is 5.02 Å². The molecule has 0 atom stereocenters. The van der Waals surface area contributed by atoms with E-state index in [1.54, 1.807) is 7.05 Å². The summed E-state index contributed by atoms with van der Waals surface area (Å²) < 4.78 is 27.0. The first-order valence-electron chi connectivity index (χ1n) is 7.54. The molecule has 138 valence electrons. The summed E-state index contributed by atoms with van der Waals surface area (Å²) in [5.41, 5.74) is 1.07. The minimum Gasteiger partial charge on any atom is -0.355 e. The third-order valence-electron chi connectivity index (χ3n) is 3.89. The fraction of sp³-hybridized carbons (Fsp3) is 0.643. The number of aryl methyl sites for hydroxylation is 1. The molecule has 1 aliphatic rings. The molecule has 1 aromatic heterocycles. The van der Waals surface area contributed by atoms with Gasteiger partial charge < -0.3 is 14.8 Å². The highest BCUT2D eigenvalue weighted by Gasteiger charge is 2.27. The van der Waals surface area contributed by atoms with Gasteiger partial charge in [0.05, 0.1) is 17.3 Å². The summed E-state index contributed by atoms with van der Waals surface area (Å²) in [6.45, 7) is 2.26. The van der Waals surface area contributed by atoms with Crippen LogP contribution in [0.5, 0.6) is 0 Å². The van der Waals surface area contributed by atoms with Crippen molar-refractivity contribution in [3.63, 3.8) is 0 Å². The van der Waals surface area contributed by atoms with Gasteiger partial charge >= 0.3 is 0 Å². The lowest BCUT2D eigenvalue weighted by Crippen LogP contribution is -2.42. The summed E-state index contributed by atoms with van der Waals surface area (Å²) in [6.07, 6.45) is 2.57. The SMILES string of the molecule is CN=C(NCCN1CCCS1(=O)=O)N(C)Cc1cc(Cl)cn1C.I. The molecular weight excluding hydrogens is 465 g/mol. The summed E-state index contributed by atoms with van der Waals surface area (Å²) in [5, 5.41) is 3.91. The van der Waals surface area contributed by atoms with E-state index in [1.807, 2.05) is 35.8 Å². The Labute approximate surface area is 166 Å². The number of sulfonamides is 1. The molecule has 0 aliphatic carbocycles. The van der Waals surface area contributed by atoms with Crippen LogP contribution in [0.3, 0.4) is 0 Å². The van der Waals surface area contributed by atoms with Gasteiger partial charge in [0.15, 0.2) is 5.96 Å². The van der Waals surface area contributed by atoms with Gasteiger partial charge in [0.1, 0.15) is 0 Å². The predicted molar refractivity (Wildman–Crippen MR) is 109 cm³/mol. The van der Waals surface area contributed by atoms with Crippen LogP contribution in [0.15, 0.2) is 17.3 Å². The van der Waals surface area contributed by atoms with Crippen LogP contribution < -0.4 is 5.32 Å². The minimum atomic E-state index is -3.04. The first-order valence-corrected chi connectivity index (χ1v) is 9.52. The first-order chi connectivity index (χ1) is 10.8. The van der Waals surface area contributed by atoms with E-state index in [0.29, 0.717) is 37.6 Å². The van der Waals surface area contributed by atoms with Gasteiger partial charge in [-0.2, -0.15) is 0 Å². The second-order valence-corrected chi connectivity index (χ2v) is 8.18. The van der Waals surface area contributed by atoms with Gasteiger partial charge in [-0.3, -0.25) is 4.99 Å². The van der Waals surface area contributed by atoms with Gasteiger partial charge in [0.2, 0.25) is 10.0 Å². The topological polar surface area (TPSA) is 69.9 Å². The van der Waals surface area contributed by atoms with E-state index in [-0.39, 0.29) is 29.7 Å². The van der Waals surface area contributed by atoms with E-state index in [9.17, 15) is 8.42 Å². The predicted octanol–water partition coefficient (Wildman–Crippen LogP) is 1.34. The van der Waals surface area contributed by atoms with Crippen molar-refractivity contribution >= 4 is 51.6 Å². The monoisotopic (exact) mass is 489 g/mol. The highest BCUT2D eigenvalue weighted by molar-refractivity contribution is 14.0. The van der Waals surface area contributed by atoms with Crippen LogP contribution in [0.1, 0.15) is 12.1 Å². The Morgan fingerprint density at radius 3 is 2.71 bits per heavy atom. The van der Waals surface area contributed by atoms with Crippen LogP contribution in [0, 0.1) is 0 Å². The third kappa shape index (κ3) is 5.50. The average Bonchev–Trinajstić information content (AvgIpc) is 2.96. The lowest BCUT2D eigenvalue weighted by molar-refractivity contribution is 0.429. The van der Waals surface area contributed by atoms with Crippen LogP contribution in [-0.4, -0.2) is 67.6 Å². The summed E-state index contributed by atoms with van der Waals surface area (Å²) in [6, 6.07) is 1.92. The van der Waals surface area contributed by atoms with Crippen molar-refractivity contribution in [2.75, 3.05) is 39.5 Å². The molecule has 0 unspecified atom stereocenters. The Morgan fingerprint density at radius 1 is 1.50 bits per heavy atom. The maximum Gasteiger partial charge on any atom is 0.214 e. The molecule has 1 aliphatic heterocycles. The highest BCUT2D eigenvalue weighted by Crippen LogP contribution is 2.14. The van der Waals surface area contributed by atoms with E-state index < -0.39 is 10.0 Å². The Morgan fingerprint density at radius 2 is 2.21 bits per heavy atom. The molecule has 0 aromatic carbocycles. The molecule has 2 heterocycles. The molecule has 24 heavy (non-hydrogen) atoms. The molecule has 1 aromatic rings. The third-order valence-corrected chi connectivity index (χ3v) is 6.06. The molecule has 0 amide bonds. The van der Waals surface area contributed by atoms with E-state index >= 15 is 0 Å². The maximum absolute atomic E-state index is 11.8. The molecule has 7 nitrogen and oxygen atoms in total. The zero-order valence-electron chi connectivity index (χ0n) is 14.2. The first kappa shape index (κ1) is 21.5. The van der Waals surface area contributed by atoms with Crippen molar-refractivity contribution in [3.05, 3.63) is 23.0 Å². The smallest absolute Gasteiger partial charge is 0.214 e. The molecule has 2 rings (SSSR count). The Bertz CT molecular complexity index is 677. The molecule has 1 saturated heterocycles. The summed E-state index contributed by atoms with van der Waals surface area (Å²) in [5.74, 6) is 0.981. The Hall–Kier alpha value is -0.520. The number of halogens is 2. The van der Waals surface area contributed by atoms with Crippen molar-refractivity contribution in [3.8, 4) is 0 Å². The normalized spacial score (nSPS) is 17.6. The largest absolute Gasteiger partial charge is 0.355 e. The molecule has 0 saturated carbocycles. The van der Waals surface area contributed by atoms with E-state index in [1.165, 1.54) is 4.31 Å².